The lowest BCUT2D eigenvalue weighted by Gasteiger charge is -2.38. The first kappa shape index (κ1) is 15.1. The number of fused-ring (bicyclic) bond motifs is 1. The molecule has 0 amide bonds. The summed E-state index contributed by atoms with van der Waals surface area (Å²) < 4.78 is 0. The van der Waals surface area contributed by atoms with E-state index in [-0.39, 0.29) is 5.54 Å². The summed E-state index contributed by atoms with van der Waals surface area (Å²) in [5.74, 6) is 1.67. The highest BCUT2D eigenvalue weighted by Gasteiger charge is 2.29. The fourth-order valence-corrected chi connectivity index (χ4v) is 3.66. The Labute approximate surface area is 129 Å². The van der Waals surface area contributed by atoms with Crippen molar-refractivity contribution in [3.63, 3.8) is 0 Å². The lowest BCUT2D eigenvalue weighted by molar-refractivity contribution is 0.164. The second kappa shape index (κ2) is 6.10. The first-order valence-electron chi connectivity index (χ1n) is 8.56. The molecule has 0 spiro atoms. The van der Waals surface area contributed by atoms with E-state index in [1.165, 1.54) is 45.4 Å². The van der Waals surface area contributed by atoms with Gasteiger partial charge in [-0.3, -0.25) is 0 Å². The SMILES string of the molecule is CC(C)(C)NCC1CCN(CC2Cc3ccccc32)CC1. The molecule has 1 heterocycles. The van der Waals surface area contributed by atoms with Crippen molar-refractivity contribution in [3.8, 4) is 0 Å². The third-order valence-corrected chi connectivity index (χ3v) is 5.07. The first-order chi connectivity index (χ1) is 10.0. The fraction of sp³-hybridized carbons (Fsp3) is 0.684. The Morgan fingerprint density at radius 3 is 2.52 bits per heavy atom. The van der Waals surface area contributed by atoms with Gasteiger partial charge in [0.15, 0.2) is 0 Å². The van der Waals surface area contributed by atoms with E-state index in [0.717, 1.165) is 11.8 Å². The molecule has 1 atom stereocenters. The van der Waals surface area contributed by atoms with Crippen LogP contribution in [-0.4, -0.2) is 36.6 Å². The summed E-state index contributed by atoms with van der Waals surface area (Å²) in [5, 5.41) is 3.66. The molecular weight excluding hydrogens is 256 g/mol. The van der Waals surface area contributed by atoms with Crippen LogP contribution in [-0.2, 0) is 6.42 Å². The summed E-state index contributed by atoms with van der Waals surface area (Å²) >= 11 is 0. The molecule has 0 radical (unpaired) electrons. The van der Waals surface area contributed by atoms with Crippen LogP contribution in [0.25, 0.3) is 0 Å². The fourth-order valence-electron chi connectivity index (χ4n) is 3.66. The minimum absolute atomic E-state index is 0.257. The molecule has 1 fully saturated rings. The second-order valence-corrected chi connectivity index (χ2v) is 7.97. The molecule has 2 heteroatoms. The largest absolute Gasteiger partial charge is 0.312 e. The Balaban J connectivity index is 1.41. The molecule has 2 nitrogen and oxygen atoms in total. The van der Waals surface area contributed by atoms with Crippen LogP contribution in [0.3, 0.4) is 0 Å². The van der Waals surface area contributed by atoms with E-state index < -0.39 is 0 Å². The van der Waals surface area contributed by atoms with Gasteiger partial charge in [-0.1, -0.05) is 24.3 Å². The summed E-state index contributed by atoms with van der Waals surface area (Å²) in [7, 11) is 0. The van der Waals surface area contributed by atoms with Gasteiger partial charge in [0.05, 0.1) is 0 Å². The third kappa shape index (κ3) is 3.87. The zero-order valence-electron chi connectivity index (χ0n) is 13.9. The third-order valence-electron chi connectivity index (χ3n) is 5.07. The molecular formula is C19H30N2. The van der Waals surface area contributed by atoms with E-state index in [1.807, 2.05) is 0 Å². The average molecular weight is 286 g/mol. The van der Waals surface area contributed by atoms with Gasteiger partial charge in [-0.05, 0) is 76.7 Å². The van der Waals surface area contributed by atoms with Crippen molar-refractivity contribution >= 4 is 0 Å². The van der Waals surface area contributed by atoms with Gasteiger partial charge in [-0.15, -0.1) is 0 Å². The number of likely N-dealkylation sites (tertiary alicyclic amines) is 1. The van der Waals surface area contributed by atoms with E-state index in [1.54, 1.807) is 11.1 Å². The van der Waals surface area contributed by atoms with Crippen molar-refractivity contribution < 1.29 is 0 Å². The smallest absolute Gasteiger partial charge is 0.00966 e. The monoisotopic (exact) mass is 286 g/mol. The molecule has 116 valence electrons. The highest BCUT2D eigenvalue weighted by molar-refractivity contribution is 5.40. The van der Waals surface area contributed by atoms with Gasteiger partial charge in [0.25, 0.3) is 0 Å². The van der Waals surface area contributed by atoms with Gasteiger partial charge in [-0.2, -0.15) is 0 Å². The quantitative estimate of drug-likeness (QED) is 0.912. The lowest BCUT2D eigenvalue weighted by atomic mass is 9.77. The molecule has 1 aromatic rings. The molecule has 2 aliphatic rings. The minimum atomic E-state index is 0.257. The van der Waals surface area contributed by atoms with Crippen molar-refractivity contribution in [1.82, 2.24) is 10.2 Å². The number of rotatable bonds is 4. The van der Waals surface area contributed by atoms with E-state index in [2.05, 4.69) is 55.3 Å². The molecule has 0 bridgehead atoms. The molecule has 3 rings (SSSR count). The van der Waals surface area contributed by atoms with Gasteiger partial charge >= 0.3 is 0 Å². The van der Waals surface area contributed by atoms with E-state index >= 15 is 0 Å². The maximum absolute atomic E-state index is 3.66. The Morgan fingerprint density at radius 2 is 1.86 bits per heavy atom. The highest BCUT2D eigenvalue weighted by Crippen LogP contribution is 2.35. The van der Waals surface area contributed by atoms with Gasteiger partial charge in [0.1, 0.15) is 0 Å². The number of hydrogen-bond donors (Lipinski definition) is 1. The maximum Gasteiger partial charge on any atom is 0.00966 e. The lowest BCUT2D eigenvalue weighted by Crippen LogP contribution is -2.44. The van der Waals surface area contributed by atoms with Gasteiger partial charge in [-0.25, -0.2) is 0 Å². The van der Waals surface area contributed by atoms with Crippen LogP contribution < -0.4 is 5.32 Å². The Morgan fingerprint density at radius 1 is 1.14 bits per heavy atom. The molecule has 1 saturated heterocycles. The second-order valence-electron chi connectivity index (χ2n) is 7.97. The predicted molar refractivity (Wildman–Crippen MR) is 89.8 cm³/mol. The summed E-state index contributed by atoms with van der Waals surface area (Å²) in [4.78, 5) is 2.69. The number of hydrogen-bond acceptors (Lipinski definition) is 2. The van der Waals surface area contributed by atoms with Crippen molar-refractivity contribution in [2.75, 3.05) is 26.2 Å². The Bertz CT molecular complexity index is 467. The molecule has 21 heavy (non-hydrogen) atoms. The minimum Gasteiger partial charge on any atom is -0.312 e. The molecule has 1 N–H and O–H groups in total. The highest BCUT2D eigenvalue weighted by atomic mass is 15.1. The van der Waals surface area contributed by atoms with Crippen LogP contribution in [0.2, 0.25) is 0 Å². The number of benzene rings is 1. The van der Waals surface area contributed by atoms with Crippen molar-refractivity contribution in [2.24, 2.45) is 5.92 Å². The molecule has 1 aliphatic heterocycles. The zero-order valence-corrected chi connectivity index (χ0v) is 13.9. The van der Waals surface area contributed by atoms with E-state index in [0.29, 0.717) is 0 Å². The van der Waals surface area contributed by atoms with Crippen LogP contribution in [0.4, 0.5) is 0 Å². The summed E-state index contributed by atoms with van der Waals surface area (Å²) in [6, 6.07) is 8.97. The summed E-state index contributed by atoms with van der Waals surface area (Å²) in [5.41, 5.74) is 3.44. The number of nitrogens with one attached hydrogen (secondary N) is 1. The molecule has 1 aliphatic carbocycles. The zero-order chi connectivity index (χ0) is 14.9. The number of piperidine rings is 1. The summed E-state index contributed by atoms with van der Waals surface area (Å²) in [6.07, 6.45) is 4.01. The van der Waals surface area contributed by atoms with Crippen molar-refractivity contribution in [2.45, 2.75) is 51.5 Å². The first-order valence-corrected chi connectivity index (χ1v) is 8.56. The van der Waals surface area contributed by atoms with Gasteiger partial charge in [0, 0.05) is 18.0 Å². The predicted octanol–water partition coefficient (Wildman–Crippen LogP) is 3.43. The maximum atomic E-state index is 3.66. The van der Waals surface area contributed by atoms with Crippen LogP contribution in [0.1, 0.15) is 50.7 Å². The van der Waals surface area contributed by atoms with E-state index in [4.69, 9.17) is 0 Å². The van der Waals surface area contributed by atoms with E-state index in [9.17, 15) is 0 Å². The molecule has 0 aromatic heterocycles. The van der Waals surface area contributed by atoms with Crippen LogP contribution in [0.5, 0.6) is 0 Å². The molecule has 0 saturated carbocycles. The Hall–Kier alpha value is -0.860. The van der Waals surface area contributed by atoms with Crippen molar-refractivity contribution in [3.05, 3.63) is 35.4 Å². The van der Waals surface area contributed by atoms with Gasteiger partial charge in [0.2, 0.25) is 0 Å². The van der Waals surface area contributed by atoms with Crippen molar-refractivity contribution in [1.29, 1.82) is 0 Å². The van der Waals surface area contributed by atoms with Gasteiger partial charge < -0.3 is 10.2 Å². The Kier molecular flexibility index (Phi) is 4.37. The molecule has 1 unspecified atom stereocenters. The standard InChI is InChI=1S/C19H30N2/c1-19(2,3)20-13-15-8-10-21(11-9-15)14-17-12-16-6-4-5-7-18(16)17/h4-7,15,17,20H,8-14H2,1-3H3. The van der Waals surface area contributed by atoms with Crippen LogP contribution in [0, 0.1) is 5.92 Å². The number of nitrogens with zero attached hydrogens (tertiary/aromatic N) is 1. The summed E-state index contributed by atoms with van der Waals surface area (Å²) in [6.45, 7) is 11.8. The van der Waals surface area contributed by atoms with Crippen LogP contribution >= 0.6 is 0 Å². The average Bonchev–Trinajstić information content (AvgIpc) is 2.43. The topological polar surface area (TPSA) is 15.3 Å². The molecule has 1 aromatic carbocycles. The normalized spacial score (nSPS) is 23.7. The van der Waals surface area contributed by atoms with Crippen LogP contribution in [0.15, 0.2) is 24.3 Å².